The zero-order valence-electron chi connectivity index (χ0n) is 9.74. The van der Waals surface area contributed by atoms with Gasteiger partial charge in [-0.15, -0.1) is 0 Å². The van der Waals surface area contributed by atoms with Crippen LogP contribution in [0, 0.1) is 5.41 Å². The number of hydrogen-bond donors (Lipinski definition) is 1. The lowest BCUT2D eigenvalue weighted by atomic mass is 9.66. The molecule has 0 amide bonds. The summed E-state index contributed by atoms with van der Waals surface area (Å²) in [7, 11) is 0. The van der Waals surface area contributed by atoms with Gasteiger partial charge >= 0.3 is 0 Å². The van der Waals surface area contributed by atoms with Gasteiger partial charge in [-0.05, 0) is 51.1 Å². The van der Waals surface area contributed by atoms with E-state index in [0.717, 1.165) is 13.0 Å². The standard InChI is InChI=1S/C12H21N3/c1-10(2)15-7-4-11(14-15)8-12(9-13)5-3-6-12/h4,7,10H,3,5-6,8-9,13H2,1-2H3. The van der Waals surface area contributed by atoms with Crippen LogP contribution in [0.2, 0.25) is 0 Å². The van der Waals surface area contributed by atoms with Gasteiger partial charge in [0, 0.05) is 12.2 Å². The molecule has 0 aliphatic heterocycles. The molecule has 1 heterocycles. The maximum absolute atomic E-state index is 5.85. The summed E-state index contributed by atoms with van der Waals surface area (Å²) in [6.45, 7) is 5.11. The van der Waals surface area contributed by atoms with E-state index >= 15 is 0 Å². The van der Waals surface area contributed by atoms with Crippen LogP contribution in [0.25, 0.3) is 0 Å². The minimum Gasteiger partial charge on any atom is -0.330 e. The normalized spacial score (nSPS) is 19.2. The fourth-order valence-corrected chi connectivity index (χ4v) is 2.27. The Morgan fingerprint density at radius 3 is 2.67 bits per heavy atom. The first kappa shape index (κ1) is 10.7. The summed E-state index contributed by atoms with van der Waals surface area (Å²) in [6.07, 6.45) is 7.02. The number of nitrogens with two attached hydrogens (primary N) is 1. The highest BCUT2D eigenvalue weighted by Gasteiger charge is 2.36. The smallest absolute Gasteiger partial charge is 0.0630 e. The number of hydrogen-bond acceptors (Lipinski definition) is 2. The lowest BCUT2D eigenvalue weighted by Crippen LogP contribution is -2.39. The van der Waals surface area contributed by atoms with Crippen LogP contribution < -0.4 is 5.73 Å². The van der Waals surface area contributed by atoms with Crippen LogP contribution >= 0.6 is 0 Å². The molecule has 0 unspecified atom stereocenters. The molecule has 2 rings (SSSR count). The molecule has 1 aliphatic carbocycles. The molecule has 3 nitrogen and oxygen atoms in total. The highest BCUT2D eigenvalue weighted by atomic mass is 15.3. The van der Waals surface area contributed by atoms with Crippen molar-refractivity contribution in [3.8, 4) is 0 Å². The van der Waals surface area contributed by atoms with Crippen LogP contribution in [-0.2, 0) is 6.42 Å². The molecule has 1 aromatic heterocycles. The predicted molar refractivity (Wildman–Crippen MR) is 61.7 cm³/mol. The second kappa shape index (κ2) is 3.97. The first-order valence-corrected chi connectivity index (χ1v) is 5.89. The lowest BCUT2D eigenvalue weighted by molar-refractivity contribution is 0.143. The van der Waals surface area contributed by atoms with Gasteiger partial charge in [0.15, 0.2) is 0 Å². The summed E-state index contributed by atoms with van der Waals surface area (Å²) in [5.74, 6) is 0. The Hall–Kier alpha value is -0.830. The molecule has 84 valence electrons. The van der Waals surface area contributed by atoms with E-state index < -0.39 is 0 Å². The van der Waals surface area contributed by atoms with Crippen molar-refractivity contribution < 1.29 is 0 Å². The van der Waals surface area contributed by atoms with Crippen molar-refractivity contribution in [1.82, 2.24) is 9.78 Å². The average molecular weight is 207 g/mol. The van der Waals surface area contributed by atoms with Crippen molar-refractivity contribution in [2.24, 2.45) is 11.1 Å². The van der Waals surface area contributed by atoms with Crippen LogP contribution in [0.4, 0.5) is 0 Å². The van der Waals surface area contributed by atoms with Gasteiger partial charge in [0.1, 0.15) is 0 Å². The van der Waals surface area contributed by atoms with E-state index in [4.69, 9.17) is 5.73 Å². The summed E-state index contributed by atoms with van der Waals surface area (Å²) in [5, 5.41) is 4.59. The molecular weight excluding hydrogens is 186 g/mol. The minimum atomic E-state index is 0.371. The Morgan fingerprint density at radius 2 is 2.27 bits per heavy atom. The highest BCUT2D eigenvalue weighted by Crippen LogP contribution is 2.42. The van der Waals surface area contributed by atoms with Crippen LogP contribution in [-0.4, -0.2) is 16.3 Å². The third-order valence-corrected chi connectivity index (χ3v) is 3.60. The van der Waals surface area contributed by atoms with Crippen LogP contribution in [0.3, 0.4) is 0 Å². The van der Waals surface area contributed by atoms with E-state index in [9.17, 15) is 0 Å². The second-order valence-corrected chi connectivity index (χ2v) is 5.12. The summed E-state index contributed by atoms with van der Waals surface area (Å²) in [5.41, 5.74) is 7.42. The van der Waals surface area contributed by atoms with Gasteiger partial charge in [-0.2, -0.15) is 5.10 Å². The van der Waals surface area contributed by atoms with E-state index in [-0.39, 0.29) is 0 Å². The largest absolute Gasteiger partial charge is 0.330 e. The Kier molecular flexibility index (Phi) is 2.83. The molecule has 0 spiro atoms. The first-order chi connectivity index (χ1) is 7.15. The van der Waals surface area contributed by atoms with Gasteiger partial charge in [0.25, 0.3) is 0 Å². The Bertz CT molecular complexity index is 318. The summed E-state index contributed by atoms with van der Waals surface area (Å²) in [4.78, 5) is 0. The molecule has 0 atom stereocenters. The molecule has 0 radical (unpaired) electrons. The number of nitrogens with zero attached hydrogens (tertiary/aromatic N) is 2. The molecule has 2 N–H and O–H groups in total. The molecule has 0 aromatic carbocycles. The van der Waals surface area contributed by atoms with Crippen molar-refractivity contribution in [3.63, 3.8) is 0 Å². The third-order valence-electron chi connectivity index (χ3n) is 3.60. The topological polar surface area (TPSA) is 43.8 Å². The Labute approximate surface area is 91.7 Å². The van der Waals surface area contributed by atoms with Gasteiger partial charge < -0.3 is 5.73 Å². The van der Waals surface area contributed by atoms with Crippen molar-refractivity contribution in [1.29, 1.82) is 0 Å². The van der Waals surface area contributed by atoms with Gasteiger partial charge in [-0.3, -0.25) is 4.68 Å². The number of rotatable bonds is 4. The van der Waals surface area contributed by atoms with E-state index in [1.54, 1.807) is 0 Å². The maximum Gasteiger partial charge on any atom is 0.0630 e. The third kappa shape index (κ3) is 2.07. The SMILES string of the molecule is CC(C)n1ccc(CC2(CN)CCC2)n1. The van der Waals surface area contributed by atoms with Crippen molar-refractivity contribution in [2.45, 2.75) is 45.6 Å². The quantitative estimate of drug-likeness (QED) is 0.822. The van der Waals surface area contributed by atoms with E-state index in [0.29, 0.717) is 11.5 Å². The summed E-state index contributed by atoms with van der Waals surface area (Å²) < 4.78 is 2.03. The average Bonchev–Trinajstić information content (AvgIpc) is 2.59. The molecular formula is C12H21N3. The van der Waals surface area contributed by atoms with E-state index in [1.165, 1.54) is 25.0 Å². The first-order valence-electron chi connectivity index (χ1n) is 5.89. The predicted octanol–water partition coefficient (Wildman–Crippen LogP) is 2.14. The molecule has 0 saturated heterocycles. The van der Waals surface area contributed by atoms with E-state index in [1.807, 2.05) is 4.68 Å². The molecule has 1 fully saturated rings. The zero-order chi connectivity index (χ0) is 10.9. The fraction of sp³-hybridized carbons (Fsp3) is 0.750. The molecule has 1 aliphatic rings. The van der Waals surface area contributed by atoms with Gasteiger partial charge in [0.2, 0.25) is 0 Å². The van der Waals surface area contributed by atoms with Crippen LogP contribution in [0.5, 0.6) is 0 Å². The van der Waals surface area contributed by atoms with Gasteiger partial charge in [0.05, 0.1) is 5.69 Å². The Morgan fingerprint density at radius 1 is 1.53 bits per heavy atom. The molecule has 1 aromatic rings. The highest BCUT2D eigenvalue weighted by molar-refractivity contribution is 5.06. The minimum absolute atomic E-state index is 0.371. The van der Waals surface area contributed by atoms with Crippen LogP contribution in [0.15, 0.2) is 12.3 Å². The maximum atomic E-state index is 5.85. The lowest BCUT2D eigenvalue weighted by Gasteiger charge is -2.40. The molecule has 1 saturated carbocycles. The van der Waals surface area contributed by atoms with E-state index in [2.05, 4.69) is 31.2 Å². The zero-order valence-corrected chi connectivity index (χ0v) is 9.74. The van der Waals surface area contributed by atoms with Crippen LogP contribution in [0.1, 0.15) is 44.8 Å². The van der Waals surface area contributed by atoms with Crippen molar-refractivity contribution in [2.75, 3.05) is 6.54 Å². The summed E-state index contributed by atoms with van der Waals surface area (Å²) in [6, 6.07) is 2.59. The number of aromatic nitrogens is 2. The summed E-state index contributed by atoms with van der Waals surface area (Å²) >= 11 is 0. The monoisotopic (exact) mass is 207 g/mol. The Balaban J connectivity index is 2.04. The molecule has 0 bridgehead atoms. The van der Waals surface area contributed by atoms with Crippen molar-refractivity contribution in [3.05, 3.63) is 18.0 Å². The van der Waals surface area contributed by atoms with Gasteiger partial charge in [-0.1, -0.05) is 6.42 Å². The van der Waals surface area contributed by atoms with Crippen molar-refractivity contribution >= 4 is 0 Å². The second-order valence-electron chi connectivity index (χ2n) is 5.12. The molecule has 15 heavy (non-hydrogen) atoms. The van der Waals surface area contributed by atoms with Gasteiger partial charge in [-0.25, -0.2) is 0 Å². The fourth-order valence-electron chi connectivity index (χ4n) is 2.27. The molecule has 3 heteroatoms.